The summed E-state index contributed by atoms with van der Waals surface area (Å²) in [5.74, 6) is 0.817. The number of hydrogen-bond acceptors (Lipinski definition) is 1. The molecule has 1 nitrogen and oxygen atoms in total. The number of halogens is 1. The van der Waals surface area contributed by atoms with Crippen molar-refractivity contribution in [3.8, 4) is 0 Å². The Morgan fingerprint density at radius 3 is 2.47 bits per heavy atom. The Bertz CT molecular complexity index is 418. The van der Waals surface area contributed by atoms with E-state index < -0.39 is 0 Å². The maximum Gasteiger partial charge on any atom is 0.0717 e. The van der Waals surface area contributed by atoms with Crippen LogP contribution < -0.4 is 0 Å². The van der Waals surface area contributed by atoms with E-state index in [1.54, 1.807) is 0 Å². The van der Waals surface area contributed by atoms with Gasteiger partial charge in [-0.1, -0.05) is 24.6 Å². The van der Waals surface area contributed by atoms with Gasteiger partial charge in [-0.2, -0.15) is 0 Å². The quantitative estimate of drug-likeness (QED) is 0.730. The number of benzene rings is 1. The molecular weight excluding hydrogens is 254 g/mol. The molecule has 1 heterocycles. The van der Waals surface area contributed by atoms with Crippen LogP contribution in [-0.4, -0.2) is 24.5 Å². The summed E-state index contributed by atoms with van der Waals surface area (Å²) in [5, 5.41) is 0.117. The normalized spacial score (nSPS) is 22.5. The second-order valence-electron chi connectivity index (χ2n) is 6.29. The lowest BCUT2D eigenvalue weighted by Gasteiger charge is -2.32. The van der Waals surface area contributed by atoms with Gasteiger partial charge in [-0.25, -0.2) is 0 Å². The van der Waals surface area contributed by atoms with E-state index in [0.29, 0.717) is 0 Å². The van der Waals surface area contributed by atoms with Gasteiger partial charge in [0.05, 0.1) is 5.38 Å². The minimum atomic E-state index is 0.117. The zero-order valence-corrected chi connectivity index (χ0v) is 13.4. The van der Waals surface area contributed by atoms with Crippen molar-refractivity contribution >= 4 is 11.6 Å². The molecule has 2 atom stereocenters. The molecule has 0 bridgehead atoms. The van der Waals surface area contributed by atoms with Gasteiger partial charge in [0.1, 0.15) is 0 Å². The second kappa shape index (κ2) is 6.28. The molecule has 2 unspecified atom stereocenters. The van der Waals surface area contributed by atoms with Crippen molar-refractivity contribution in [1.29, 1.82) is 0 Å². The molecule has 1 aliphatic rings. The van der Waals surface area contributed by atoms with Gasteiger partial charge in [0.15, 0.2) is 0 Å². The predicted molar refractivity (Wildman–Crippen MR) is 84.1 cm³/mol. The van der Waals surface area contributed by atoms with Crippen LogP contribution in [0.15, 0.2) is 12.1 Å². The molecule has 0 radical (unpaired) electrons. The molecule has 106 valence electrons. The largest absolute Gasteiger partial charge is 0.301 e. The van der Waals surface area contributed by atoms with Gasteiger partial charge in [-0.3, -0.25) is 0 Å². The fourth-order valence-electron chi connectivity index (χ4n) is 3.46. The summed E-state index contributed by atoms with van der Waals surface area (Å²) in [7, 11) is 0. The molecule has 2 heteroatoms. The van der Waals surface area contributed by atoms with Crippen LogP contribution in [0.2, 0.25) is 0 Å². The van der Waals surface area contributed by atoms with Crippen LogP contribution in [0, 0.1) is 26.7 Å². The van der Waals surface area contributed by atoms with Crippen LogP contribution in [0.1, 0.15) is 47.4 Å². The highest BCUT2D eigenvalue weighted by atomic mass is 35.5. The summed E-state index contributed by atoms with van der Waals surface area (Å²) in [6.07, 6.45) is 2.68. The highest BCUT2D eigenvalue weighted by Gasteiger charge is 2.21. The van der Waals surface area contributed by atoms with E-state index in [4.69, 9.17) is 11.6 Å². The van der Waals surface area contributed by atoms with Gasteiger partial charge in [0.2, 0.25) is 0 Å². The number of piperidine rings is 1. The smallest absolute Gasteiger partial charge is 0.0717 e. The molecule has 19 heavy (non-hydrogen) atoms. The summed E-state index contributed by atoms with van der Waals surface area (Å²) < 4.78 is 0. The molecule has 1 saturated heterocycles. The Kier molecular flexibility index (Phi) is 4.92. The Labute approximate surface area is 123 Å². The number of rotatable bonds is 3. The van der Waals surface area contributed by atoms with Gasteiger partial charge >= 0.3 is 0 Å². The zero-order chi connectivity index (χ0) is 14.0. The first-order valence-electron chi connectivity index (χ1n) is 7.41. The summed E-state index contributed by atoms with van der Waals surface area (Å²) in [6, 6.07) is 4.49. The van der Waals surface area contributed by atoms with Crippen molar-refractivity contribution in [2.45, 2.75) is 45.9 Å². The average molecular weight is 280 g/mol. The van der Waals surface area contributed by atoms with E-state index in [2.05, 4.69) is 44.7 Å². The Balaban J connectivity index is 2.09. The molecule has 0 N–H and O–H groups in total. The molecule has 0 saturated carbocycles. The minimum absolute atomic E-state index is 0.117. The van der Waals surface area contributed by atoms with Gasteiger partial charge in [-0.05, 0) is 62.8 Å². The van der Waals surface area contributed by atoms with E-state index in [-0.39, 0.29) is 5.38 Å². The van der Waals surface area contributed by atoms with Crippen LogP contribution >= 0.6 is 11.6 Å². The van der Waals surface area contributed by atoms with Gasteiger partial charge in [-0.15, -0.1) is 11.6 Å². The summed E-state index contributed by atoms with van der Waals surface area (Å²) >= 11 is 6.71. The van der Waals surface area contributed by atoms with Crippen LogP contribution in [0.25, 0.3) is 0 Å². The van der Waals surface area contributed by atoms with Crippen LogP contribution in [0.4, 0.5) is 0 Å². The maximum absolute atomic E-state index is 6.71. The molecule has 1 aromatic rings. The van der Waals surface area contributed by atoms with E-state index in [0.717, 1.165) is 12.5 Å². The van der Waals surface area contributed by atoms with E-state index in [1.807, 2.05) is 0 Å². The lowest BCUT2D eigenvalue weighted by Crippen LogP contribution is -2.36. The van der Waals surface area contributed by atoms with Crippen LogP contribution in [-0.2, 0) is 0 Å². The zero-order valence-electron chi connectivity index (χ0n) is 12.7. The molecule has 1 aliphatic heterocycles. The first-order chi connectivity index (χ1) is 8.97. The van der Waals surface area contributed by atoms with Gasteiger partial charge < -0.3 is 4.90 Å². The van der Waals surface area contributed by atoms with Crippen molar-refractivity contribution in [2.75, 3.05) is 19.6 Å². The number of likely N-dealkylation sites (tertiary alicyclic amines) is 1. The third-order valence-electron chi connectivity index (χ3n) is 4.21. The van der Waals surface area contributed by atoms with E-state index >= 15 is 0 Å². The Morgan fingerprint density at radius 1 is 1.26 bits per heavy atom. The van der Waals surface area contributed by atoms with E-state index in [9.17, 15) is 0 Å². The number of aryl methyl sites for hydroxylation is 3. The first-order valence-corrected chi connectivity index (χ1v) is 7.85. The molecular formula is C17H26ClN. The van der Waals surface area contributed by atoms with Crippen molar-refractivity contribution < 1.29 is 0 Å². The van der Waals surface area contributed by atoms with Crippen molar-refractivity contribution in [3.05, 3.63) is 34.4 Å². The average Bonchev–Trinajstić information content (AvgIpc) is 2.27. The topological polar surface area (TPSA) is 3.24 Å². The summed E-state index contributed by atoms with van der Waals surface area (Å²) in [6.45, 7) is 12.3. The first kappa shape index (κ1) is 14.9. The Morgan fingerprint density at radius 2 is 1.89 bits per heavy atom. The Hall–Kier alpha value is -0.530. The molecule has 1 aromatic carbocycles. The highest BCUT2D eigenvalue weighted by Crippen LogP contribution is 2.30. The number of alkyl halides is 1. The maximum atomic E-state index is 6.71. The lowest BCUT2D eigenvalue weighted by molar-refractivity contribution is 0.184. The monoisotopic (exact) mass is 279 g/mol. The third-order valence-corrected chi connectivity index (χ3v) is 4.57. The minimum Gasteiger partial charge on any atom is -0.301 e. The molecule has 2 rings (SSSR count). The van der Waals surface area contributed by atoms with Crippen molar-refractivity contribution in [1.82, 2.24) is 4.90 Å². The van der Waals surface area contributed by atoms with Crippen molar-refractivity contribution in [2.24, 2.45) is 5.92 Å². The van der Waals surface area contributed by atoms with Gasteiger partial charge in [0.25, 0.3) is 0 Å². The molecule has 0 spiro atoms. The highest BCUT2D eigenvalue weighted by molar-refractivity contribution is 6.21. The number of nitrogens with zero attached hydrogens (tertiary/aromatic N) is 1. The molecule has 0 aromatic heterocycles. The third kappa shape index (κ3) is 3.73. The second-order valence-corrected chi connectivity index (χ2v) is 6.81. The summed E-state index contributed by atoms with van der Waals surface area (Å²) in [5.41, 5.74) is 5.34. The fourth-order valence-corrected chi connectivity index (χ4v) is 4.00. The van der Waals surface area contributed by atoms with Crippen LogP contribution in [0.3, 0.4) is 0 Å². The molecule has 1 fully saturated rings. The number of hydrogen-bond donors (Lipinski definition) is 0. The van der Waals surface area contributed by atoms with Crippen LogP contribution in [0.5, 0.6) is 0 Å². The standard InChI is InChI=1S/C17H26ClN/c1-12-6-5-7-19(10-12)11-16(18)17-14(3)8-13(2)9-15(17)4/h8-9,12,16H,5-7,10-11H2,1-4H3. The molecule has 0 aliphatic carbocycles. The predicted octanol–water partition coefficient (Wildman–Crippen LogP) is 4.62. The SMILES string of the molecule is Cc1cc(C)c(C(Cl)CN2CCCC(C)C2)c(C)c1. The fraction of sp³-hybridized carbons (Fsp3) is 0.647. The van der Waals surface area contributed by atoms with Gasteiger partial charge in [0, 0.05) is 13.1 Å². The van der Waals surface area contributed by atoms with E-state index in [1.165, 1.54) is 48.2 Å². The summed E-state index contributed by atoms with van der Waals surface area (Å²) in [4.78, 5) is 2.53. The van der Waals surface area contributed by atoms with Crippen molar-refractivity contribution in [3.63, 3.8) is 0 Å². The lowest BCUT2D eigenvalue weighted by atomic mass is 9.95. The molecule has 0 amide bonds.